The van der Waals surface area contributed by atoms with Gasteiger partial charge in [-0.2, -0.15) is 0 Å². The van der Waals surface area contributed by atoms with Crippen LogP contribution in [0.15, 0.2) is 59.5 Å². The molecule has 0 radical (unpaired) electrons. The van der Waals surface area contributed by atoms with Gasteiger partial charge >= 0.3 is 0 Å². The lowest BCUT2D eigenvalue weighted by Gasteiger charge is -2.13. The summed E-state index contributed by atoms with van der Waals surface area (Å²) in [6.07, 6.45) is 6.50. The Bertz CT molecular complexity index is 751. The molecule has 2 aromatic rings. The predicted molar refractivity (Wildman–Crippen MR) is 99.3 cm³/mol. The fraction of sp³-hybridized carbons (Fsp3) is 0.400. The SMILES string of the molecule is O=S(=O)(NCCCc1ccccc1)c1ccc(OC2CCCC2)cc1. The van der Waals surface area contributed by atoms with Gasteiger partial charge in [-0.3, -0.25) is 0 Å². The van der Waals surface area contributed by atoms with E-state index in [0.29, 0.717) is 6.54 Å². The molecule has 0 heterocycles. The van der Waals surface area contributed by atoms with Gasteiger partial charge in [0.25, 0.3) is 0 Å². The molecule has 1 saturated carbocycles. The summed E-state index contributed by atoms with van der Waals surface area (Å²) in [5, 5.41) is 0. The highest BCUT2D eigenvalue weighted by Crippen LogP contribution is 2.24. The van der Waals surface area contributed by atoms with E-state index >= 15 is 0 Å². The summed E-state index contributed by atoms with van der Waals surface area (Å²) >= 11 is 0. The molecule has 0 bridgehead atoms. The van der Waals surface area contributed by atoms with Crippen molar-refractivity contribution in [2.24, 2.45) is 0 Å². The first-order valence-electron chi connectivity index (χ1n) is 8.94. The van der Waals surface area contributed by atoms with Crippen LogP contribution in [0.5, 0.6) is 5.75 Å². The van der Waals surface area contributed by atoms with E-state index in [0.717, 1.165) is 31.4 Å². The molecular formula is C20H25NO3S. The van der Waals surface area contributed by atoms with Crippen LogP contribution in [0.2, 0.25) is 0 Å². The van der Waals surface area contributed by atoms with E-state index in [2.05, 4.69) is 16.9 Å². The van der Waals surface area contributed by atoms with Gasteiger partial charge in [0.05, 0.1) is 11.0 Å². The van der Waals surface area contributed by atoms with Gasteiger partial charge in [0.15, 0.2) is 0 Å². The van der Waals surface area contributed by atoms with Crippen molar-refractivity contribution in [3.05, 3.63) is 60.2 Å². The highest BCUT2D eigenvalue weighted by molar-refractivity contribution is 7.89. The Morgan fingerprint density at radius 1 is 0.960 bits per heavy atom. The number of ether oxygens (including phenoxy) is 1. The van der Waals surface area contributed by atoms with Crippen molar-refractivity contribution >= 4 is 10.0 Å². The molecule has 0 unspecified atom stereocenters. The van der Waals surface area contributed by atoms with Crippen molar-refractivity contribution in [1.29, 1.82) is 0 Å². The molecule has 4 nitrogen and oxygen atoms in total. The fourth-order valence-corrected chi connectivity index (χ4v) is 4.20. The van der Waals surface area contributed by atoms with Crippen molar-refractivity contribution in [2.45, 2.75) is 49.5 Å². The highest BCUT2D eigenvalue weighted by atomic mass is 32.2. The van der Waals surface area contributed by atoms with E-state index in [4.69, 9.17) is 4.74 Å². The van der Waals surface area contributed by atoms with Crippen LogP contribution in [0, 0.1) is 0 Å². The van der Waals surface area contributed by atoms with E-state index in [9.17, 15) is 8.42 Å². The maximum atomic E-state index is 12.3. The van der Waals surface area contributed by atoms with E-state index in [1.54, 1.807) is 24.3 Å². The molecule has 2 aromatic carbocycles. The second-order valence-corrected chi connectivity index (χ2v) is 8.25. The van der Waals surface area contributed by atoms with Crippen molar-refractivity contribution in [3.63, 3.8) is 0 Å². The Hall–Kier alpha value is -1.85. The molecule has 0 amide bonds. The van der Waals surface area contributed by atoms with E-state index in [1.165, 1.54) is 18.4 Å². The summed E-state index contributed by atoms with van der Waals surface area (Å²) in [6.45, 7) is 0.428. The van der Waals surface area contributed by atoms with Crippen LogP contribution in [0.1, 0.15) is 37.7 Å². The second-order valence-electron chi connectivity index (χ2n) is 6.48. The number of nitrogens with one attached hydrogen (secondary N) is 1. The third-order valence-electron chi connectivity index (χ3n) is 4.52. The molecule has 5 heteroatoms. The molecule has 1 aliphatic carbocycles. The molecule has 1 fully saturated rings. The predicted octanol–water partition coefficient (Wildman–Crippen LogP) is 3.92. The van der Waals surface area contributed by atoms with Gasteiger partial charge in [0.1, 0.15) is 5.75 Å². The average Bonchev–Trinajstić information content (AvgIpc) is 3.13. The van der Waals surface area contributed by atoms with Gasteiger partial charge in [-0.15, -0.1) is 0 Å². The molecule has 0 saturated heterocycles. The standard InChI is InChI=1S/C20H25NO3S/c22-25(23,21-16-6-9-17-7-2-1-3-8-17)20-14-12-19(13-15-20)24-18-10-4-5-11-18/h1-3,7-8,12-15,18,21H,4-6,9-11,16H2. The van der Waals surface area contributed by atoms with Crippen LogP contribution in [0.25, 0.3) is 0 Å². The van der Waals surface area contributed by atoms with Gasteiger partial charge in [0.2, 0.25) is 10.0 Å². The van der Waals surface area contributed by atoms with Crippen LogP contribution in [-0.2, 0) is 16.4 Å². The van der Waals surface area contributed by atoms with E-state index < -0.39 is 10.0 Å². The molecular weight excluding hydrogens is 334 g/mol. The van der Waals surface area contributed by atoms with Crippen LogP contribution in [0.3, 0.4) is 0 Å². The Kier molecular flexibility index (Phi) is 6.10. The first kappa shape index (κ1) is 18.0. The number of rotatable bonds is 8. The normalized spacial score (nSPS) is 15.4. The molecule has 1 aliphatic rings. The summed E-state index contributed by atoms with van der Waals surface area (Å²) in [5.41, 5.74) is 1.22. The summed E-state index contributed by atoms with van der Waals surface area (Å²) < 4.78 is 33.2. The maximum absolute atomic E-state index is 12.3. The molecule has 3 rings (SSSR count). The first-order chi connectivity index (χ1) is 12.1. The molecule has 0 aromatic heterocycles. The highest BCUT2D eigenvalue weighted by Gasteiger charge is 2.17. The molecule has 134 valence electrons. The van der Waals surface area contributed by atoms with Crippen molar-refractivity contribution in [3.8, 4) is 5.75 Å². The van der Waals surface area contributed by atoms with E-state index in [1.807, 2.05) is 18.2 Å². The zero-order valence-electron chi connectivity index (χ0n) is 14.4. The minimum atomic E-state index is -3.46. The summed E-state index contributed by atoms with van der Waals surface area (Å²) in [4.78, 5) is 0.283. The smallest absolute Gasteiger partial charge is 0.240 e. The lowest BCUT2D eigenvalue weighted by Crippen LogP contribution is -2.25. The second kappa shape index (κ2) is 8.50. The third-order valence-corrected chi connectivity index (χ3v) is 5.99. The van der Waals surface area contributed by atoms with Gasteiger partial charge in [-0.1, -0.05) is 30.3 Å². The largest absolute Gasteiger partial charge is 0.490 e. The minimum absolute atomic E-state index is 0.276. The van der Waals surface area contributed by atoms with Crippen LogP contribution < -0.4 is 9.46 Å². The Morgan fingerprint density at radius 3 is 2.32 bits per heavy atom. The topological polar surface area (TPSA) is 55.4 Å². The zero-order chi connectivity index (χ0) is 17.5. The lowest BCUT2D eigenvalue weighted by molar-refractivity contribution is 0.210. The summed E-state index contributed by atoms with van der Waals surface area (Å²) in [6, 6.07) is 16.8. The van der Waals surface area contributed by atoms with Gasteiger partial charge in [-0.05, 0) is 68.4 Å². The van der Waals surface area contributed by atoms with Crippen LogP contribution in [-0.4, -0.2) is 21.1 Å². The van der Waals surface area contributed by atoms with Crippen molar-refractivity contribution < 1.29 is 13.2 Å². The Balaban J connectivity index is 1.49. The number of benzene rings is 2. The summed E-state index contributed by atoms with van der Waals surface area (Å²) in [5.74, 6) is 0.745. The summed E-state index contributed by atoms with van der Waals surface area (Å²) in [7, 11) is -3.46. The number of hydrogen-bond acceptors (Lipinski definition) is 3. The molecule has 0 atom stereocenters. The number of sulfonamides is 1. The minimum Gasteiger partial charge on any atom is -0.490 e. The monoisotopic (exact) mass is 359 g/mol. The van der Waals surface area contributed by atoms with Gasteiger partial charge < -0.3 is 4.74 Å². The molecule has 0 spiro atoms. The van der Waals surface area contributed by atoms with Crippen LogP contribution in [0.4, 0.5) is 0 Å². The number of hydrogen-bond donors (Lipinski definition) is 1. The van der Waals surface area contributed by atoms with Crippen molar-refractivity contribution in [1.82, 2.24) is 4.72 Å². The lowest BCUT2D eigenvalue weighted by atomic mass is 10.1. The molecule has 25 heavy (non-hydrogen) atoms. The van der Waals surface area contributed by atoms with Gasteiger partial charge in [0, 0.05) is 6.54 Å². The third kappa shape index (κ3) is 5.31. The zero-order valence-corrected chi connectivity index (χ0v) is 15.2. The van der Waals surface area contributed by atoms with E-state index in [-0.39, 0.29) is 11.0 Å². The first-order valence-corrected chi connectivity index (χ1v) is 10.4. The van der Waals surface area contributed by atoms with Crippen LogP contribution >= 0.6 is 0 Å². The van der Waals surface area contributed by atoms with Crippen molar-refractivity contribution in [2.75, 3.05) is 6.54 Å². The quantitative estimate of drug-likeness (QED) is 0.727. The molecule has 1 N–H and O–H groups in total. The van der Waals surface area contributed by atoms with Gasteiger partial charge in [-0.25, -0.2) is 13.1 Å². The molecule has 0 aliphatic heterocycles. The Morgan fingerprint density at radius 2 is 1.64 bits per heavy atom. The maximum Gasteiger partial charge on any atom is 0.240 e. The fourth-order valence-electron chi connectivity index (χ4n) is 3.12. The Labute approximate surface area is 150 Å². The average molecular weight is 359 g/mol. The number of aryl methyl sites for hydroxylation is 1.